The molecule has 0 saturated carbocycles. The van der Waals surface area contributed by atoms with Gasteiger partial charge in [0.05, 0.1) is 11.4 Å². The zero-order valence-electron chi connectivity index (χ0n) is 9.70. The van der Waals surface area contributed by atoms with E-state index in [1.54, 1.807) is 12.1 Å². The fourth-order valence-electron chi connectivity index (χ4n) is 2.45. The summed E-state index contributed by atoms with van der Waals surface area (Å²) in [6.07, 6.45) is 0.953. The summed E-state index contributed by atoms with van der Waals surface area (Å²) in [5.74, 6) is -0.202. The van der Waals surface area contributed by atoms with E-state index in [4.69, 9.17) is 0 Å². The molecule has 17 heavy (non-hydrogen) atoms. The Bertz CT molecular complexity index is 560. The van der Waals surface area contributed by atoms with Crippen LogP contribution in [0.4, 0.5) is 4.39 Å². The average Bonchev–Trinajstić information content (AvgIpc) is 2.64. The molecule has 3 rings (SSSR count). The van der Waals surface area contributed by atoms with E-state index < -0.39 is 0 Å². The third-order valence-electron chi connectivity index (χ3n) is 3.17. The molecule has 1 aliphatic rings. The van der Waals surface area contributed by atoms with E-state index >= 15 is 0 Å². The highest BCUT2D eigenvalue weighted by Gasteiger charge is 2.19. The Hall–Kier alpha value is -1.68. The van der Waals surface area contributed by atoms with Crippen LogP contribution in [0.25, 0.3) is 11.3 Å². The third-order valence-corrected chi connectivity index (χ3v) is 3.17. The number of aromatic nitrogens is 2. The summed E-state index contributed by atoms with van der Waals surface area (Å²) < 4.78 is 15.1. The molecule has 1 aromatic heterocycles. The van der Waals surface area contributed by atoms with E-state index in [0.717, 1.165) is 36.5 Å². The first-order chi connectivity index (χ1) is 8.25. The second kappa shape index (κ2) is 3.96. The standard InChI is InChI=1S/C13H14FN3/c1-17-13(9-3-2-4-10(14)7-9)11-5-6-15-8-12(11)16-17/h2-4,7,15H,5-6,8H2,1H3. The Morgan fingerprint density at radius 3 is 3.12 bits per heavy atom. The summed E-state index contributed by atoms with van der Waals surface area (Å²) in [6.45, 7) is 1.76. The Morgan fingerprint density at radius 1 is 1.41 bits per heavy atom. The Balaban J connectivity index is 2.17. The SMILES string of the molecule is Cn1nc2c(c1-c1cccc(F)c1)CCNC2. The van der Waals surface area contributed by atoms with Crippen molar-refractivity contribution in [2.24, 2.45) is 7.05 Å². The van der Waals surface area contributed by atoms with E-state index in [1.165, 1.54) is 11.6 Å². The number of halogens is 1. The molecule has 1 aromatic carbocycles. The lowest BCUT2D eigenvalue weighted by molar-refractivity contribution is 0.625. The molecule has 3 nitrogen and oxygen atoms in total. The lowest BCUT2D eigenvalue weighted by Gasteiger charge is -2.13. The summed E-state index contributed by atoms with van der Waals surface area (Å²) in [7, 11) is 1.92. The van der Waals surface area contributed by atoms with Crippen molar-refractivity contribution in [3.63, 3.8) is 0 Å². The van der Waals surface area contributed by atoms with Gasteiger partial charge in [0.1, 0.15) is 5.82 Å². The molecule has 2 heterocycles. The molecular formula is C13H14FN3. The molecule has 0 atom stereocenters. The van der Waals surface area contributed by atoms with Gasteiger partial charge in [-0.1, -0.05) is 12.1 Å². The van der Waals surface area contributed by atoms with Gasteiger partial charge >= 0.3 is 0 Å². The summed E-state index contributed by atoms with van der Waals surface area (Å²) in [5, 5.41) is 7.78. The van der Waals surface area contributed by atoms with Crippen molar-refractivity contribution in [1.29, 1.82) is 0 Å². The van der Waals surface area contributed by atoms with Gasteiger partial charge in [-0.3, -0.25) is 4.68 Å². The number of hydrogen-bond acceptors (Lipinski definition) is 2. The first-order valence-electron chi connectivity index (χ1n) is 5.77. The quantitative estimate of drug-likeness (QED) is 0.812. The van der Waals surface area contributed by atoms with E-state index in [2.05, 4.69) is 10.4 Å². The summed E-state index contributed by atoms with van der Waals surface area (Å²) in [5.41, 5.74) is 4.28. The predicted molar refractivity (Wildman–Crippen MR) is 64.0 cm³/mol. The Morgan fingerprint density at radius 2 is 2.29 bits per heavy atom. The maximum Gasteiger partial charge on any atom is 0.123 e. The van der Waals surface area contributed by atoms with Gasteiger partial charge in [-0.15, -0.1) is 0 Å². The first kappa shape index (κ1) is 10.5. The highest BCUT2D eigenvalue weighted by molar-refractivity contribution is 5.65. The molecule has 0 unspecified atom stereocenters. The smallest absolute Gasteiger partial charge is 0.123 e. The minimum absolute atomic E-state index is 0.202. The van der Waals surface area contributed by atoms with E-state index in [9.17, 15) is 4.39 Å². The second-order valence-corrected chi connectivity index (χ2v) is 4.33. The molecule has 0 aliphatic carbocycles. The lowest BCUT2D eigenvalue weighted by atomic mass is 10.0. The van der Waals surface area contributed by atoms with E-state index in [-0.39, 0.29) is 5.82 Å². The monoisotopic (exact) mass is 231 g/mol. The molecule has 0 fully saturated rings. The van der Waals surface area contributed by atoms with Gasteiger partial charge in [0.15, 0.2) is 0 Å². The number of fused-ring (bicyclic) bond motifs is 1. The average molecular weight is 231 g/mol. The van der Waals surface area contributed by atoms with Crippen LogP contribution in [-0.4, -0.2) is 16.3 Å². The van der Waals surface area contributed by atoms with Crippen LogP contribution in [0.3, 0.4) is 0 Å². The Labute approximate surface area is 99.3 Å². The second-order valence-electron chi connectivity index (χ2n) is 4.33. The van der Waals surface area contributed by atoms with Gasteiger partial charge in [0, 0.05) is 24.7 Å². The van der Waals surface area contributed by atoms with Gasteiger partial charge in [-0.2, -0.15) is 5.10 Å². The third kappa shape index (κ3) is 1.74. The fourth-order valence-corrected chi connectivity index (χ4v) is 2.45. The van der Waals surface area contributed by atoms with Crippen molar-refractivity contribution >= 4 is 0 Å². The van der Waals surface area contributed by atoms with Crippen LogP contribution in [0, 0.1) is 5.82 Å². The van der Waals surface area contributed by atoms with Crippen molar-refractivity contribution in [3.8, 4) is 11.3 Å². The van der Waals surface area contributed by atoms with Crippen molar-refractivity contribution in [2.75, 3.05) is 6.54 Å². The molecular weight excluding hydrogens is 217 g/mol. The minimum Gasteiger partial charge on any atom is -0.311 e. The highest BCUT2D eigenvalue weighted by atomic mass is 19.1. The molecule has 0 amide bonds. The largest absolute Gasteiger partial charge is 0.311 e. The zero-order chi connectivity index (χ0) is 11.8. The molecule has 2 aromatic rings. The molecule has 0 spiro atoms. The summed E-state index contributed by atoms with van der Waals surface area (Å²) >= 11 is 0. The van der Waals surface area contributed by atoms with Crippen molar-refractivity contribution < 1.29 is 4.39 Å². The van der Waals surface area contributed by atoms with Gasteiger partial charge in [0.2, 0.25) is 0 Å². The Kier molecular flexibility index (Phi) is 2.44. The van der Waals surface area contributed by atoms with Crippen LogP contribution in [0.2, 0.25) is 0 Å². The lowest BCUT2D eigenvalue weighted by Crippen LogP contribution is -2.23. The number of nitrogens with one attached hydrogen (secondary N) is 1. The highest BCUT2D eigenvalue weighted by Crippen LogP contribution is 2.28. The molecule has 1 N–H and O–H groups in total. The van der Waals surface area contributed by atoms with Crippen molar-refractivity contribution in [3.05, 3.63) is 41.3 Å². The minimum atomic E-state index is -0.202. The molecule has 1 aliphatic heterocycles. The molecule has 88 valence electrons. The van der Waals surface area contributed by atoms with Crippen molar-refractivity contribution in [1.82, 2.24) is 15.1 Å². The van der Waals surface area contributed by atoms with Gasteiger partial charge in [-0.25, -0.2) is 4.39 Å². The van der Waals surface area contributed by atoms with Crippen LogP contribution >= 0.6 is 0 Å². The van der Waals surface area contributed by atoms with Crippen molar-refractivity contribution in [2.45, 2.75) is 13.0 Å². The number of hydrogen-bond donors (Lipinski definition) is 1. The van der Waals surface area contributed by atoms with Crippen LogP contribution in [0.5, 0.6) is 0 Å². The fraction of sp³-hybridized carbons (Fsp3) is 0.308. The molecule has 0 radical (unpaired) electrons. The van der Waals surface area contributed by atoms with Crippen LogP contribution in [-0.2, 0) is 20.0 Å². The zero-order valence-corrected chi connectivity index (χ0v) is 9.70. The number of aryl methyl sites for hydroxylation is 1. The number of nitrogens with zero attached hydrogens (tertiary/aromatic N) is 2. The molecule has 0 saturated heterocycles. The maximum absolute atomic E-state index is 13.3. The summed E-state index contributed by atoms with van der Waals surface area (Å²) in [6, 6.07) is 6.71. The maximum atomic E-state index is 13.3. The predicted octanol–water partition coefficient (Wildman–Crippen LogP) is 1.87. The van der Waals surface area contributed by atoms with E-state index in [0.29, 0.717) is 0 Å². The van der Waals surface area contributed by atoms with Crippen LogP contribution < -0.4 is 5.32 Å². The van der Waals surface area contributed by atoms with Gasteiger partial charge in [0.25, 0.3) is 0 Å². The molecule has 4 heteroatoms. The normalized spacial score (nSPS) is 14.7. The summed E-state index contributed by atoms with van der Waals surface area (Å²) in [4.78, 5) is 0. The van der Waals surface area contributed by atoms with E-state index in [1.807, 2.05) is 17.8 Å². The number of rotatable bonds is 1. The van der Waals surface area contributed by atoms with Gasteiger partial charge in [-0.05, 0) is 25.1 Å². The van der Waals surface area contributed by atoms with Crippen LogP contribution in [0.1, 0.15) is 11.3 Å². The van der Waals surface area contributed by atoms with Crippen LogP contribution in [0.15, 0.2) is 24.3 Å². The topological polar surface area (TPSA) is 29.9 Å². The van der Waals surface area contributed by atoms with Gasteiger partial charge < -0.3 is 5.32 Å². The number of benzene rings is 1. The first-order valence-corrected chi connectivity index (χ1v) is 5.77. The molecule has 0 bridgehead atoms.